The van der Waals surface area contributed by atoms with Crippen molar-refractivity contribution in [3.8, 4) is 0 Å². The van der Waals surface area contributed by atoms with Crippen molar-refractivity contribution in [3.63, 3.8) is 0 Å². The van der Waals surface area contributed by atoms with Gasteiger partial charge in [0.1, 0.15) is 5.01 Å². The van der Waals surface area contributed by atoms with E-state index in [1.807, 2.05) is 6.07 Å². The Morgan fingerprint density at radius 2 is 2.25 bits per heavy atom. The second-order valence-corrected chi connectivity index (χ2v) is 5.93. The van der Waals surface area contributed by atoms with E-state index >= 15 is 0 Å². The minimum absolute atomic E-state index is 0.101. The van der Waals surface area contributed by atoms with Crippen LogP contribution in [0, 0.1) is 0 Å². The van der Waals surface area contributed by atoms with E-state index in [0.29, 0.717) is 0 Å². The Balaban J connectivity index is 2.12. The lowest BCUT2D eigenvalue weighted by atomic mass is 9.86. The molecule has 1 heterocycles. The molecule has 2 atom stereocenters. The summed E-state index contributed by atoms with van der Waals surface area (Å²) in [6.45, 7) is 2.27. The van der Waals surface area contributed by atoms with Gasteiger partial charge in [-0.05, 0) is 25.0 Å². The predicted octanol–water partition coefficient (Wildman–Crippen LogP) is 3.07. The molecule has 0 amide bonds. The molecule has 3 heteroatoms. The van der Waals surface area contributed by atoms with Crippen LogP contribution < -0.4 is 5.73 Å². The first-order chi connectivity index (χ1) is 7.70. The number of thiazole rings is 1. The average molecular weight is 232 g/mol. The largest absolute Gasteiger partial charge is 0.327 e. The maximum absolute atomic E-state index is 6.23. The molecule has 1 aromatic carbocycles. The third-order valence-corrected chi connectivity index (χ3v) is 5.13. The molecular weight excluding hydrogens is 216 g/mol. The summed E-state index contributed by atoms with van der Waals surface area (Å²) < 4.78 is 1.28. The molecular formula is C13H16N2S. The molecule has 1 aromatic heterocycles. The maximum Gasteiger partial charge on any atom is 0.101 e. The topological polar surface area (TPSA) is 38.9 Å². The highest BCUT2D eigenvalue weighted by Crippen LogP contribution is 2.42. The highest BCUT2D eigenvalue weighted by Gasteiger charge is 2.40. The zero-order valence-electron chi connectivity index (χ0n) is 9.44. The van der Waals surface area contributed by atoms with Crippen molar-refractivity contribution < 1.29 is 0 Å². The number of para-hydroxylation sites is 1. The van der Waals surface area contributed by atoms with Gasteiger partial charge >= 0.3 is 0 Å². The van der Waals surface area contributed by atoms with Gasteiger partial charge in [0.05, 0.1) is 10.2 Å². The third kappa shape index (κ3) is 1.39. The quantitative estimate of drug-likeness (QED) is 0.820. The molecule has 0 aliphatic heterocycles. The minimum Gasteiger partial charge on any atom is -0.327 e. The first kappa shape index (κ1) is 10.2. The van der Waals surface area contributed by atoms with Crippen LogP contribution in [0.2, 0.25) is 0 Å². The summed E-state index contributed by atoms with van der Waals surface area (Å²) >= 11 is 1.81. The molecule has 84 valence electrons. The van der Waals surface area contributed by atoms with Crippen LogP contribution >= 0.6 is 11.3 Å². The number of hydrogen-bond donors (Lipinski definition) is 1. The van der Waals surface area contributed by atoms with Crippen molar-refractivity contribution in [3.05, 3.63) is 29.3 Å². The van der Waals surface area contributed by atoms with E-state index < -0.39 is 0 Å². The third-order valence-electron chi connectivity index (χ3n) is 3.81. The molecule has 2 nitrogen and oxygen atoms in total. The molecule has 1 saturated carbocycles. The summed E-state index contributed by atoms with van der Waals surface area (Å²) in [6.07, 6.45) is 3.54. The van der Waals surface area contributed by atoms with E-state index in [4.69, 9.17) is 10.7 Å². The lowest BCUT2D eigenvalue weighted by Crippen LogP contribution is -2.38. The van der Waals surface area contributed by atoms with Crippen LogP contribution in [-0.4, -0.2) is 11.0 Å². The Morgan fingerprint density at radius 3 is 2.94 bits per heavy atom. The number of nitrogens with two attached hydrogens (primary N) is 1. The first-order valence-electron chi connectivity index (χ1n) is 5.82. The fourth-order valence-electron chi connectivity index (χ4n) is 2.58. The van der Waals surface area contributed by atoms with Crippen LogP contribution in [0.5, 0.6) is 0 Å². The van der Waals surface area contributed by atoms with Crippen LogP contribution in [0.3, 0.4) is 0 Å². The second kappa shape index (κ2) is 3.54. The fraction of sp³-hybridized carbons (Fsp3) is 0.462. The van der Waals surface area contributed by atoms with Gasteiger partial charge < -0.3 is 5.73 Å². The average Bonchev–Trinajstić information content (AvgIpc) is 2.84. The Labute approximate surface area is 99.5 Å². The normalized spacial score (nSPS) is 30.0. The van der Waals surface area contributed by atoms with Crippen molar-refractivity contribution in [2.75, 3.05) is 0 Å². The van der Waals surface area contributed by atoms with E-state index in [-0.39, 0.29) is 11.5 Å². The Hall–Kier alpha value is -0.930. The van der Waals surface area contributed by atoms with Gasteiger partial charge in [-0.15, -0.1) is 11.3 Å². The van der Waals surface area contributed by atoms with E-state index in [1.54, 1.807) is 11.3 Å². The molecule has 0 bridgehead atoms. The minimum atomic E-state index is 0.101. The van der Waals surface area contributed by atoms with Crippen LogP contribution in [-0.2, 0) is 5.41 Å². The first-order valence-corrected chi connectivity index (χ1v) is 6.63. The highest BCUT2D eigenvalue weighted by molar-refractivity contribution is 7.18. The van der Waals surface area contributed by atoms with E-state index in [0.717, 1.165) is 11.9 Å². The lowest BCUT2D eigenvalue weighted by Gasteiger charge is -2.26. The van der Waals surface area contributed by atoms with Gasteiger partial charge in [-0.3, -0.25) is 0 Å². The zero-order chi connectivity index (χ0) is 11.2. The smallest absolute Gasteiger partial charge is 0.101 e. The van der Waals surface area contributed by atoms with Gasteiger partial charge in [0.25, 0.3) is 0 Å². The van der Waals surface area contributed by atoms with Crippen molar-refractivity contribution in [2.45, 2.75) is 37.6 Å². The summed E-state index contributed by atoms with van der Waals surface area (Å²) in [5.74, 6) is 0. The molecule has 0 radical (unpaired) electrons. The highest BCUT2D eigenvalue weighted by atomic mass is 32.1. The SMILES string of the molecule is CC1(c2nc3ccccc3s2)CCCC1N. The summed E-state index contributed by atoms with van der Waals surface area (Å²) in [4.78, 5) is 4.76. The Kier molecular flexibility index (Phi) is 2.26. The lowest BCUT2D eigenvalue weighted by molar-refractivity contribution is 0.428. The van der Waals surface area contributed by atoms with Crippen molar-refractivity contribution >= 4 is 21.6 Å². The molecule has 1 aliphatic carbocycles. The molecule has 2 N–H and O–H groups in total. The number of nitrogens with zero attached hydrogens (tertiary/aromatic N) is 1. The van der Waals surface area contributed by atoms with E-state index in [1.165, 1.54) is 22.5 Å². The van der Waals surface area contributed by atoms with Crippen molar-refractivity contribution in [2.24, 2.45) is 5.73 Å². The maximum atomic E-state index is 6.23. The molecule has 0 spiro atoms. The van der Waals surface area contributed by atoms with Gasteiger partial charge in [0.15, 0.2) is 0 Å². The van der Waals surface area contributed by atoms with Gasteiger partial charge in [-0.25, -0.2) is 4.98 Å². The van der Waals surface area contributed by atoms with Crippen LogP contribution in [0.25, 0.3) is 10.2 Å². The molecule has 3 rings (SSSR count). The fourth-order valence-corrected chi connectivity index (χ4v) is 3.78. The molecule has 1 aliphatic rings. The standard InChI is InChI=1S/C13H16N2S/c1-13(8-4-7-11(13)14)12-15-9-5-2-3-6-10(9)16-12/h2-3,5-6,11H,4,7-8,14H2,1H3. The van der Waals surface area contributed by atoms with Crippen LogP contribution in [0.4, 0.5) is 0 Å². The number of aromatic nitrogens is 1. The van der Waals surface area contributed by atoms with Crippen LogP contribution in [0.1, 0.15) is 31.2 Å². The van der Waals surface area contributed by atoms with E-state index in [9.17, 15) is 0 Å². The molecule has 0 saturated heterocycles. The number of fused-ring (bicyclic) bond motifs is 1. The second-order valence-electron chi connectivity index (χ2n) is 4.90. The molecule has 2 aromatic rings. The summed E-state index contributed by atoms with van der Waals surface area (Å²) in [5, 5.41) is 1.22. The molecule has 1 fully saturated rings. The zero-order valence-corrected chi connectivity index (χ0v) is 10.3. The summed E-state index contributed by atoms with van der Waals surface area (Å²) in [7, 11) is 0. The number of benzene rings is 1. The van der Waals surface area contributed by atoms with Crippen molar-refractivity contribution in [1.29, 1.82) is 0 Å². The number of rotatable bonds is 1. The Morgan fingerprint density at radius 1 is 1.44 bits per heavy atom. The Bertz CT molecular complexity index is 486. The summed E-state index contributed by atoms with van der Waals surface area (Å²) in [5.41, 5.74) is 7.45. The number of hydrogen-bond acceptors (Lipinski definition) is 3. The van der Waals surface area contributed by atoms with Gasteiger partial charge in [0, 0.05) is 11.5 Å². The van der Waals surface area contributed by atoms with Gasteiger partial charge in [0.2, 0.25) is 0 Å². The van der Waals surface area contributed by atoms with E-state index in [2.05, 4.69) is 25.1 Å². The molecule has 2 unspecified atom stereocenters. The van der Waals surface area contributed by atoms with Gasteiger partial charge in [-0.1, -0.05) is 25.5 Å². The summed E-state index contributed by atoms with van der Waals surface area (Å²) in [6, 6.07) is 8.61. The molecule has 16 heavy (non-hydrogen) atoms. The monoisotopic (exact) mass is 232 g/mol. The predicted molar refractivity (Wildman–Crippen MR) is 68.8 cm³/mol. The van der Waals surface area contributed by atoms with Crippen molar-refractivity contribution in [1.82, 2.24) is 4.98 Å². The van der Waals surface area contributed by atoms with Gasteiger partial charge in [-0.2, -0.15) is 0 Å². The van der Waals surface area contributed by atoms with Crippen LogP contribution in [0.15, 0.2) is 24.3 Å².